The van der Waals surface area contributed by atoms with E-state index in [2.05, 4.69) is 20.9 Å². The summed E-state index contributed by atoms with van der Waals surface area (Å²) >= 11 is 3.31. The van der Waals surface area contributed by atoms with Crippen LogP contribution in [-0.2, 0) is 6.42 Å². The van der Waals surface area contributed by atoms with Crippen LogP contribution >= 0.6 is 15.9 Å². The van der Waals surface area contributed by atoms with Gasteiger partial charge in [-0.3, -0.25) is 4.79 Å². The fourth-order valence-corrected chi connectivity index (χ4v) is 2.47. The molecule has 0 aliphatic heterocycles. The molecular weight excluding hydrogens is 358 g/mol. The number of carbonyl (C=O) groups excluding carboxylic acids is 1. The molecule has 1 atom stereocenters. The zero-order chi connectivity index (χ0) is 16.2. The molecule has 1 N–H and O–H groups in total. The van der Waals surface area contributed by atoms with E-state index in [0.717, 1.165) is 10.0 Å². The summed E-state index contributed by atoms with van der Waals surface area (Å²) in [5.41, 5.74) is 1.32. The van der Waals surface area contributed by atoms with Crippen molar-refractivity contribution >= 4 is 21.7 Å². The largest absolute Gasteiger partial charge is 0.441 e. The van der Waals surface area contributed by atoms with Gasteiger partial charge in [-0.25, -0.2) is 4.98 Å². The van der Waals surface area contributed by atoms with Crippen LogP contribution in [0.25, 0.3) is 11.5 Å². The Morgan fingerprint density at radius 3 is 2.52 bits per heavy atom. The molecule has 1 heterocycles. The van der Waals surface area contributed by atoms with Gasteiger partial charge in [0.05, 0.1) is 6.20 Å². The van der Waals surface area contributed by atoms with Crippen molar-refractivity contribution in [2.24, 2.45) is 0 Å². The third-order valence-electron chi connectivity index (χ3n) is 3.40. The first-order valence-electron chi connectivity index (χ1n) is 7.11. The molecular formula is C18H14BrNO3. The summed E-state index contributed by atoms with van der Waals surface area (Å²) in [6, 6.07) is 16.4. The molecule has 0 radical (unpaired) electrons. The van der Waals surface area contributed by atoms with Gasteiger partial charge < -0.3 is 9.52 Å². The molecule has 23 heavy (non-hydrogen) atoms. The fraction of sp³-hybridized carbons (Fsp3) is 0.111. The fourth-order valence-electron chi connectivity index (χ4n) is 2.21. The lowest BCUT2D eigenvalue weighted by atomic mass is 10.0. The van der Waals surface area contributed by atoms with Crippen LogP contribution in [0.15, 0.2) is 69.7 Å². The highest BCUT2D eigenvalue weighted by Gasteiger charge is 2.20. The quantitative estimate of drug-likeness (QED) is 0.691. The predicted octanol–water partition coefficient (Wildman–Crippen LogP) is 3.89. The number of ketones is 1. The average Bonchev–Trinajstić information content (AvgIpc) is 3.04. The third kappa shape index (κ3) is 3.75. The summed E-state index contributed by atoms with van der Waals surface area (Å²) in [6.07, 6.45) is 0.475. The van der Waals surface area contributed by atoms with E-state index in [-0.39, 0.29) is 12.2 Å². The first-order chi connectivity index (χ1) is 11.1. The van der Waals surface area contributed by atoms with Gasteiger partial charge in [0, 0.05) is 22.0 Å². The predicted molar refractivity (Wildman–Crippen MR) is 90.1 cm³/mol. The number of aromatic nitrogens is 1. The number of oxazole rings is 1. The molecule has 0 unspecified atom stereocenters. The van der Waals surface area contributed by atoms with Gasteiger partial charge in [-0.1, -0.05) is 46.3 Å². The zero-order valence-electron chi connectivity index (χ0n) is 12.1. The number of Topliss-reactive ketones (excluding diaryl/α,β-unsaturated/α-hetero) is 1. The minimum absolute atomic E-state index is 0.0920. The Kier molecular flexibility index (Phi) is 4.69. The molecule has 116 valence electrons. The standard InChI is InChI=1S/C18H14BrNO3/c19-14-8-6-12(7-9-14)17(22)16(21)10-15-11-20-18(23-15)13-4-2-1-3-5-13/h1-9,11,16,21H,10H2/t16-/m0/s1. The number of aliphatic hydroxyl groups is 1. The Bertz CT molecular complexity index is 797. The lowest BCUT2D eigenvalue weighted by Gasteiger charge is -2.07. The Morgan fingerprint density at radius 2 is 1.83 bits per heavy atom. The van der Waals surface area contributed by atoms with E-state index in [1.807, 2.05) is 30.3 Å². The second-order valence-electron chi connectivity index (χ2n) is 5.09. The molecule has 0 amide bonds. The molecule has 0 bridgehead atoms. The summed E-state index contributed by atoms with van der Waals surface area (Å²) < 4.78 is 6.50. The summed E-state index contributed by atoms with van der Waals surface area (Å²) in [4.78, 5) is 16.4. The van der Waals surface area contributed by atoms with E-state index in [9.17, 15) is 9.90 Å². The first kappa shape index (κ1) is 15.6. The maximum Gasteiger partial charge on any atom is 0.226 e. The minimum atomic E-state index is -1.16. The van der Waals surface area contributed by atoms with E-state index in [1.165, 1.54) is 0 Å². The van der Waals surface area contributed by atoms with Gasteiger partial charge in [0.15, 0.2) is 5.78 Å². The topological polar surface area (TPSA) is 63.3 Å². The van der Waals surface area contributed by atoms with Gasteiger partial charge >= 0.3 is 0 Å². The van der Waals surface area contributed by atoms with E-state index in [4.69, 9.17) is 4.42 Å². The lowest BCUT2D eigenvalue weighted by Crippen LogP contribution is -2.22. The van der Waals surface area contributed by atoms with Crippen molar-refractivity contribution in [2.75, 3.05) is 0 Å². The van der Waals surface area contributed by atoms with Gasteiger partial charge in [-0.15, -0.1) is 0 Å². The highest BCUT2D eigenvalue weighted by Crippen LogP contribution is 2.20. The van der Waals surface area contributed by atoms with Crippen LogP contribution in [0.3, 0.4) is 0 Å². The molecule has 1 aromatic heterocycles. The zero-order valence-corrected chi connectivity index (χ0v) is 13.7. The first-order valence-corrected chi connectivity index (χ1v) is 7.91. The van der Waals surface area contributed by atoms with Crippen LogP contribution in [0.1, 0.15) is 16.1 Å². The summed E-state index contributed by atoms with van der Waals surface area (Å²) in [5.74, 6) is 0.612. The van der Waals surface area contributed by atoms with Crippen molar-refractivity contribution in [3.05, 3.63) is 76.6 Å². The molecule has 0 saturated heterocycles. The maximum atomic E-state index is 12.2. The Balaban J connectivity index is 1.71. The average molecular weight is 372 g/mol. The number of halogens is 1. The van der Waals surface area contributed by atoms with E-state index >= 15 is 0 Å². The molecule has 0 aliphatic rings. The summed E-state index contributed by atoms with van der Waals surface area (Å²) in [5, 5.41) is 10.1. The van der Waals surface area contributed by atoms with E-state index < -0.39 is 6.10 Å². The van der Waals surface area contributed by atoms with E-state index in [0.29, 0.717) is 17.2 Å². The third-order valence-corrected chi connectivity index (χ3v) is 3.93. The lowest BCUT2D eigenvalue weighted by molar-refractivity contribution is 0.0738. The minimum Gasteiger partial charge on any atom is -0.441 e. The van der Waals surface area contributed by atoms with Crippen molar-refractivity contribution in [1.29, 1.82) is 0 Å². The SMILES string of the molecule is O=C(c1ccc(Br)cc1)[C@@H](O)Cc1cnc(-c2ccccc2)o1. The van der Waals surface area contributed by atoms with Crippen LogP contribution in [-0.4, -0.2) is 22.0 Å². The second-order valence-corrected chi connectivity index (χ2v) is 6.00. The molecule has 4 nitrogen and oxygen atoms in total. The summed E-state index contributed by atoms with van der Waals surface area (Å²) in [6.45, 7) is 0. The molecule has 3 rings (SSSR count). The van der Waals surface area contributed by atoms with Gasteiger partial charge in [-0.2, -0.15) is 0 Å². The van der Waals surface area contributed by atoms with Gasteiger partial charge in [0.2, 0.25) is 5.89 Å². The number of hydrogen-bond acceptors (Lipinski definition) is 4. The Labute approximate surface area is 141 Å². The second kappa shape index (κ2) is 6.89. The summed E-state index contributed by atoms with van der Waals surface area (Å²) in [7, 11) is 0. The van der Waals surface area contributed by atoms with Crippen LogP contribution in [0.4, 0.5) is 0 Å². The maximum absolute atomic E-state index is 12.2. The molecule has 0 aliphatic carbocycles. The number of benzene rings is 2. The van der Waals surface area contributed by atoms with Crippen LogP contribution < -0.4 is 0 Å². The Morgan fingerprint density at radius 1 is 1.13 bits per heavy atom. The number of aliphatic hydroxyl groups excluding tert-OH is 1. The van der Waals surface area contributed by atoms with Gasteiger partial charge in [0.25, 0.3) is 0 Å². The smallest absolute Gasteiger partial charge is 0.226 e. The van der Waals surface area contributed by atoms with Crippen LogP contribution in [0.2, 0.25) is 0 Å². The number of hydrogen-bond donors (Lipinski definition) is 1. The Hall–Kier alpha value is -2.24. The molecule has 2 aromatic carbocycles. The number of carbonyl (C=O) groups is 1. The van der Waals surface area contributed by atoms with Gasteiger partial charge in [-0.05, 0) is 24.3 Å². The highest BCUT2D eigenvalue weighted by molar-refractivity contribution is 9.10. The molecule has 0 saturated carbocycles. The van der Waals surface area contributed by atoms with Gasteiger partial charge in [0.1, 0.15) is 11.9 Å². The monoisotopic (exact) mass is 371 g/mol. The number of nitrogens with zero attached hydrogens (tertiary/aromatic N) is 1. The molecule has 0 spiro atoms. The highest BCUT2D eigenvalue weighted by atomic mass is 79.9. The van der Waals surface area contributed by atoms with Crippen molar-refractivity contribution in [3.8, 4) is 11.5 Å². The molecule has 5 heteroatoms. The van der Waals surface area contributed by atoms with E-state index in [1.54, 1.807) is 30.5 Å². The molecule has 3 aromatic rings. The van der Waals surface area contributed by atoms with Crippen molar-refractivity contribution in [2.45, 2.75) is 12.5 Å². The van der Waals surface area contributed by atoms with Crippen LogP contribution in [0, 0.1) is 0 Å². The van der Waals surface area contributed by atoms with Crippen molar-refractivity contribution in [3.63, 3.8) is 0 Å². The normalized spacial score (nSPS) is 12.1. The number of rotatable bonds is 5. The molecule has 0 fully saturated rings. The van der Waals surface area contributed by atoms with Crippen molar-refractivity contribution in [1.82, 2.24) is 4.98 Å². The van der Waals surface area contributed by atoms with Crippen LogP contribution in [0.5, 0.6) is 0 Å². The van der Waals surface area contributed by atoms with Crippen molar-refractivity contribution < 1.29 is 14.3 Å².